The molecule has 0 bridgehead atoms. The predicted octanol–water partition coefficient (Wildman–Crippen LogP) is 8.07. The summed E-state index contributed by atoms with van der Waals surface area (Å²) in [5.74, 6) is 1.50. The van der Waals surface area contributed by atoms with Crippen molar-refractivity contribution < 1.29 is 9.47 Å². The number of benzene rings is 3. The van der Waals surface area contributed by atoms with Crippen LogP contribution in [0.5, 0.6) is 11.5 Å². The van der Waals surface area contributed by atoms with Gasteiger partial charge in [-0.15, -0.1) is 0 Å². The smallest absolute Gasteiger partial charge is 0.213 e. The second kappa shape index (κ2) is 9.46. The highest BCUT2D eigenvalue weighted by Crippen LogP contribution is 2.50. The van der Waals surface area contributed by atoms with Crippen LogP contribution < -0.4 is 9.47 Å². The summed E-state index contributed by atoms with van der Waals surface area (Å²) in [6.45, 7) is 2.86. The van der Waals surface area contributed by atoms with E-state index >= 15 is 0 Å². The number of hydrogen-bond donors (Lipinski definition) is 0. The van der Waals surface area contributed by atoms with Gasteiger partial charge in [0.2, 0.25) is 6.23 Å². The number of nitrogens with zero attached hydrogens (tertiary/aromatic N) is 2. The molecule has 0 aliphatic carbocycles. The molecule has 33 heavy (non-hydrogen) atoms. The summed E-state index contributed by atoms with van der Waals surface area (Å²) >= 11 is 19.0. The zero-order valence-corrected chi connectivity index (χ0v) is 20.4. The second-order valence-corrected chi connectivity index (χ2v) is 9.48. The number of hydrazone groups is 1. The molecule has 3 aromatic carbocycles. The molecule has 170 valence electrons. The lowest BCUT2D eigenvalue weighted by molar-refractivity contribution is -0.0189. The van der Waals surface area contributed by atoms with Crippen LogP contribution in [0.3, 0.4) is 0 Å². The third-order valence-electron chi connectivity index (χ3n) is 5.92. The quantitative estimate of drug-likeness (QED) is 0.320. The standard InChI is InChI=1S/C26H23Cl3N2O2/c1-2-3-12-32-20-10-6-17(7-11-20)26-31-24(21-13-19(28)14-22(29)25(21)33-26)15-23(30-31)16-4-8-18(27)9-5-16/h4-11,13-14,24,26H,2-3,12,15H2,1H3/t24-,26-/m1/s1. The molecule has 0 saturated carbocycles. The molecule has 0 fully saturated rings. The largest absolute Gasteiger partial charge is 0.494 e. The van der Waals surface area contributed by atoms with Crippen LogP contribution >= 0.6 is 34.8 Å². The van der Waals surface area contributed by atoms with Gasteiger partial charge in [0, 0.05) is 27.6 Å². The summed E-state index contributed by atoms with van der Waals surface area (Å²) in [6.07, 6.45) is 2.42. The molecule has 0 saturated heterocycles. The molecule has 0 N–H and O–H groups in total. The zero-order chi connectivity index (χ0) is 22.9. The van der Waals surface area contributed by atoms with E-state index in [0.717, 1.165) is 41.0 Å². The fourth-order valence-electron chi connectivity index (χ4n) is 4.21. The van der Waals surface area contributed by atoms with Crippen molar-refractivity contribution in [1.82, 2.24) is 5.01 Å². The second-order valence-electron chi connectivity index (χ2n) is 8.20. The van der Waals surface area contributed by atoms with Gasteiger partial charge < -0.3 is 9.47 Å². The van der Waals surface area contributed by atoms with E-state index in [9.17, 15) is 0 Å². The van der Waals surface area contributed by atoms with Gasteiger partial charge >= 0.3 is 0 Å². The average molecular weight is 502 g/mol. The highest BCUT2D eigenvalue weighted by atomic mass is 35.5. The van der Waals surface area contributed by atoms with Gasteiger partial charge in [-0.3, -0.25) is 0 Å². The molecular formula is C26H23Cl3N2O2. The summed E-state index contributed by atoms with van der Waals surface area (Å²) in [5.41, 5.74) is 3.91. The summed E-state index contributed by atoms with van der Waals surface area (Å²) in [7, 11) is 0. The van der Waals surface area contributed by atoms with E-state index in [2.05, 4.69) is 6.92 Å². The highest BCUT2D eigenvalue weighted by molar-refractivity contribution is 6.35. The molecule has 0 amide bonds. The minimum absolute atomic E-state index is 0.0406. The van der Waals surface area contributed by atoms with Crippen molar-refractivity contribution in [2.45, 2.75) is 38.5 Å². The van der Waals surface area contributed by atoms with Crippen LogP contribution in [0.2, 0.25) is 15.1 Å². The number of fused-ring (bicyclic) bond motifs is 3. The van der Waals surface area contributed by atoms with Crippen LogP contribution in [0.4, 0.5) is 0 Å². The number of hydrogen-bond acceptors (Lipinski definition) is 4. The minimum Gasteiger partial charge on any atom is -0.494 e. The van der Waals surface area contributed by atoms with Gasteiger partial charge in [-0.05, 0) is 60.5 Å². The fourth-order valence-corrected chi connectivity index (χ4v) is 4.89. The predicted molar refractivity (Wildman–Crippen MR) is 134 cm³/mol. The van der Waals surface area contributed by atoms with Gasteiger partial charge in [0.25, 0.3) is 0 Å². The molecule has 7 heteroatoms. The molecule has 0 radical (unpaired) electrons. The maximum atomic E-state index is 6.56. The number of halogens is 3. The van der Waals surface area contributed by atoms with Gasteiger partial charge in [0.1, 0.15) is 11.5 Å². The van der Waals surface area contributed by atoms with Gasteiger partial charge in [-0.1, -0.05) is 60.3 Å². The Morgan fingerprint density at radius 2 is 1.76 bits per heavy atom. The Morgan fingerprint density at radius 1 is 1.00 bits per heavy atom. The Hall–Kier alpha value is -2.40. The monoisotopic (exact) mass is 500 g/mol. The van der Waals surface area contributed by atoms with Crippen LogP contribution in [0.25, 0.3) is 0 Å². The van der Waals surface area contributed by atoms with Crippen molar-refractivity contribution >= 4 is 40.5 Å². The minimum atomic E-state index is -0.421. The topological polar surface area (TPSA) is 34.1 Å². The molecule has 2 aliphatic heterocycles. The first-order chi connectivity index (χ1) is 16.0. The highest BCUT2D eigenvalue weighted by Gasteiger charge is 2.42. The lowest BCUT2D eigenvalue weighted by atomic mass is 9.96. The van der Waals surface area contributed by atoms with Crippen LogP contribution in [-0.2, 0) is 0 Å². The van der Waals surface area contributed by atoms with Crippen LogP contribution in [0.15, 0.2) is 65.8 Å². The van der Waals surface area contributed by atoms with Gasteiger partial charge in [-0.2, -0.15) is 5.10 Å². The lowest BCUT2D eigenvalue weighted by Crippen LogP contribution is -2.33. The average Bonchev–Trinajstić information content (AvgIpc) is 3.26. The third-order valence-corrected chi connectivity index (χ3v) is 6.67. The number of ether oxygens (including phenoxy) is 2. The molecule has 0 spiro atoms. The summed E-state index contributed by atoms with van der Waals surface area (Å²) in [6, 6.07) is 19.3. The van der Waals surface area contributed by atoms with E-state index < -0.39 is 6.23 Å². The Balaban J connectivity index is 1.51. The molecule has 3 aromatic rings. The first-order valence-corrected chi connectivity index (χ1v) is 12.2. The van der Waals surface area contributed by atoms with Crippen molar-refractivity contribution in [2.24, 2.45) is 5.10 Å². The van der Waals surface area contributed by atoms with E-state index in [1.54, 1.807) is 6.07 Å². The molecule has 5 rings (SSSR count). The van der Waals surface area contributed by atoms with Crippen molar-refractivity contribution in [1.29, 1.82) is 0 Å². The van der Waals surface area contributed by atoms with Gasteiger partial charge in [0.15, 0.2) is 0 Å². The van der Waals surface area contributed by atoms with Crippen molar-refractivity contribution in [3.8, 4) is 11.5 Å². The van der Waals surface area contributed by atoms with E-state index in [4.69, 9.17) is 49.4 Å². The van der Waals surface area contributed by atoms with Gasteiger partial charge in [0.05, 0.1) is 23.4 Å². The van der Waals surface area contributed by atoms with Gasteiger partial charge in [-0.25, -0.2) is 5.01 Å². The van der Waals surface area contributed by atoms with Crippen molar-refractivity contribution in [2.75, 3.05) is 6.61 Å². The lowest BCUT2D eigenvalue weighted by Gasteiger charge is -2.38. The number of rotatable bonds is 6. The Morgan fingerprint density at radius 3 is 2.48 bits per heavy atom. The van der Waals surface area contributed by atoms with Crippen molar-refractivity contribution in [3.63, 3.8) is 0 Å². The molecule has 2 heterocycles. The number of unbranched alkanes of at least 4 members (excludes halogenated alkanes) is 1. The Bertz CT molecular complexity index is 1180. The Labute approximate surface area is 208 Å². The maximum absolute atomic E-state index is 6.56. The molecule has 0 aromatic heterocycles. The summed E-state index contributed by atoms with van der Waals surface area (Å²) in [5, 5.41) is 8.75. The normalized spacial score (nSPS) is 18.9. The van der Waals surface area contributed by atoms with E-state index in [1.165, 1.54) is 0 Å². The van der Waals surface area contributed by atoms with Crippen molar-refractivity contribution in [3.05, 3.63) is 92.4 Å². The first-order valence-electron chi connectivity index (χ1n) is 11.0. The zero-order valence-electron chi connectivity index (χ0n) is 18.1. The maximum Gasteiger partial charge on any atom is 0.213 e. The van der Waals surface area contributed by atoms with Crippen LogP contribution in [-0.4, -0.2) is 17.3 Å². The van der Waals surface area contributed by atoms with E-state index in [0.29, 0.717) is 33.8 Å². The van der Waals surface area contributed by atoms with Crippen LogP contribution in [0, 0.1) is 0 Å². The molecule has 2 aliphatic rings. The summed E-state index contributed by atoms with van der Waals surface area (Å²) < 4.78 is 12.2. The van der Waals surface area contributed by atoms with Crippen LogP contribution in [0.1, 0.15) is 55.1 Å². The first kappa shape index (κ1) is 22.4. The Kier molecular flexibility index (Phi) is 6.42. The van der Waals surface area contributed by atoms with E-state index in [1.807, 2.05) is 59.6 Å². The third kappa shape index (κ3) is 4.52. The molecule has 2 atom stereocenters. The fraction of sp³-hybridized carbons (Fsp3) is 0.269. The van der Waals surface area contributed by atoms with E-state index in [-0.39, 0.29) is 6.04 Å². The SMILES string of the molecule is CCCCOc1ccc([C@H]2Oc3c(Cl)cc(Cl)cc3[C@H]3CC(c4ccc(Cl)cc4)=NN32)cc1. The molecular weight excluding hydrogens is 479 g/mol. The molecule has 4 nitrogen and oxygen atoms in total. The molecule has 0 unspecified atom stereocenters. The summed E-state index contributed by atoms with van der Waals surface area (Å²) in [4.78, 5) is 0.